The van der Waals surface area contributed by atoms with Gasteiger partial charge in [0.25, 0.3) is 5.22 Å². The maximum absolute atomic E-state index is 12.5. The largest absolute Gasteiger partial charge is 0.431 e. The van der Waals surface area contributed by atoms with Crippen molar-refractivity contribution in [2.75, 3.05) is 50.8 Å². The summed E-state index contributed by atoms with van der Waals surface area (Å²) >= 11 is 1.25. The number of rotatable bonds is 7. The molecule has 7 nitrogen and oxygen atoms in total. The third-order valence-electron chi connectivity index (χ3n) is 5.05. The van der Waals surface area contributed by atoms with Crippen LogP contribution in [0.4, 0.5) is 5.69 Å². The number of piperazine rings is 1. The number of likely N-dealkylation sites (N-methyl/N-ethyl adjacent to an activating group) is 1. The molecular formula is C22H24N4O3S. The van der Waals surface area contributed by atoms with Gasteiger partial charge >= 0.3 is 0 Å². The Morgan fingerprint density at radius 1 is 1.07 bits per heavy atom. The van der Waals surface area contributed by atoms with Crippen LogP contribution >= 0.6 is 11.8 Å². The van der Waals surface area contributed by atoms with Crippen LogP contribution in [0.3, 0.4) is 0 Å². The molecule has 0 aliphatic carbocycles. The third kappa shape index (κ3) is 5.27. The van der Waals surface area contributed by atoms with Crippen molar-refractivity contribution in [2.45, 2.75) is 5.22 Å². The van der Waals surface area contributed by atoms with E-state index in [9.17, 15) is 9.59 Å². The van der Waals surface area contributed by atoms with Gasteiger partial charge in [-0.3, -0.25) is 14.5 Å². The van der Waals surface area contributed by atoms with Crippen molar-refractivity contribution < 1.29 is 14.0 Å². The highest BCUT2D eigenvalue weighted by Crippen LogP contribution is 2.23. The van der Waals surface area contributed by atoms with Gasteiger partial charge in [-0.15, -0.1) is 0 Å². The zero-order chi connectivity index (χ0) is 20.9. The first-order valence-corrected chi connectivity index (χ1v) is 10.9. The molecule has 2 aromatic carbocycles. The van der Waals surface area contributed by atoms with Crippen LogP contribution in [0.15, 0.2) is 58.2 Å². The molecule has 2 heterocycles. The highest BCUT2D eigenvalue weighted by atomic mass is 32.2. The molecule has 0 unspecified atom stereocenters. The van der Waals surface area contributed by atoms with Crippen LogP contribution in [0.2, 0.25) is 0 Å². The quantitative estimate of drug-likeness (QED) is 0.461. The summed E-state index contributed by atoms with van der Waals surface area (Å²) < 4.78 is 5.61. The van der Waals surface area contributed by atoms with Crippen molar-refractivity contribution in [3.63, 3.8) is 0 Å². The number of nitrogens with one attached hydrogen (secondary N) is 1. The van der Waals surface area contributed by atoms with Gasteiger partial charge in [0.2, 0.25) is 5.91 Å². The van der Waals surface area contributed by atoms with Gasteiger partial charge in [0, 0.05) is 37.4 Å². The molecule has 1 fully saturated rings. The lowest BCUT2D eigenvalue weighted by molar-refractivity contribution is -0.113. The molecule has 3 aromatic rings. The number of oxazole rings is 1. The summed E-state index contributed by atoms with van der Waals surface area (Å²) in [4.78, 5) is 33.5. The van der Waals surface area contributed by atoms with E-state index in [1.165, 1.54) is 11.8 Å². The Bertz CT molecular complexity index is 993. The van der Waals surface area contributed by atoms with Gasteiger partial charge in [-0.2, -0.15) is 0 Å². The molecule has 1 aromatic heterocycles. The van der Waals surface area contributed by atoms with E-state index >= 15 is 0 Å². The van der Waals surface area contributed by atoms with E-state index in [0.29, 0.717) is 28.6 Å². The van der Waals surface area contributed by atoms with Crippen LogP contribution < -0.4 is 5.32 Å². The van der Waals surface area contributed by atoms with Crippen LogP contribution in [0.5, 0.6) is 0 Å². The molecule has 1 aliphatic heterocycles. The fraction of sp³-hybridized carbons (Fsp3) is 0.318. The lowest BCUT2D eigenvalue weighted by atomic mass is 10.1. The normalized spacial score (nSPS) is 15.4. The topological polar surface area (TPSA) is 78.7 Å². The Labute approximate surface area is 179 Å². The summed E-state index contributed by atoms with van der Waals surface area (Å²) in [5, 5.41) is 3.31. The number of fused-ring (bicyclic) bond motifs is 1. The number of benzene rings is 2. The molecule has 30 heavy (non-hydrogen) atoms. The van der Waals surface area contributed by atoms with Crippen molar-refractivity contribution >= 4 is 40.2 Å². The lowest BCUT2D eigenvalue weighted by Gasteiger charge is -2.31. The summed E-state index contributed by atoms with van der Waals surface area (Å²) in [7, 11) is 2.10. The number of ketones is 1. The van der Waals surface area contributed by atoms with Gasteiger partial charge in [0.1, 0.15) is 5.52 Å². The average molecular weight is 425 g/mol. The fourth-order valence-corrected chi connectivity index (χ4v) is 3.92. The molecule has 1 saturated heterocycles. The highest BCUT2D eigenvalue weighted by Gasteiger charge is 2.17. The summed E-state index contributed by atoms with van der Waals surface area (Å²) in [6.07, 6.45) is 0. The first kappa shape index (κ1) is 20.6. The molecule has 1 N–H and O–H groups in total. The summed E-state index contributed by atoms with van der Waals surface area (Å²) in [5.41, 5.74) is 2.80. The lowest BCUT2D eigenvalue weighted by Crippen LogP contribution is -2.46. The van der Waals surface area contributed by atoms with Crippen LogP contribution in [0, 0.1) is 0 Å². The van der Waals surface area contributed by atoms with Crippen LogP contribution in [-0.4, -0.2) is 72.0 Å². The zero-order valence-electron chi connectivity index (χ0n) is 16.8. The Kier molecular flexibility index (Phi) is 6.47. The first-order valence-electron chi connectivity index (χ1n) is 9.89. The maximum Gasteiger partial charge on any atom is 0.257 e. The average Bonchev–Trinajstić information content (AvgIpc) is 3.17. The SMILES string of the molecule is CN1CCN(CC(=O)c2ccc(NC(=O)CSc3nc4ccccc4o3)cc2)CC1. The number of hydrogen-bond donors (Lipinski definition) is 1. The van der Waals surface area contributed by atoms with E-state index in [2.05, 4.69) is 27.1 Å². The monoisotopic (exact) mass is 424 g/mol. The molecule has 0 bridgehead atoms. The summed E-state index contributed by atoms with van der Waals surface area (Å²) in [6, 6.07) is 14.6. The van der Waals surface area contributed by atoms with Crippen LogP contribution in [0.1, 0.15) is 10.4 Å². The summed E-state index contributed by atoms with van der Waals surface area (Å²) in [5.74, 6) is 0.138. The second kappa shape index (κ2) is 9.42. The zero-order valence-corrected chi connectivity index (χ0v) is 17.7. The standard InChI is InChI=1S/C22H24N4O3S/c1-25-10-12-26(13-11-25)14-19(27)16-6-8-17(9-7-16)23-21(28)15-30-22-24-18-4-2-3-5-20(18)29-22/h2-9H,10-15H2,1H3,(H,23,28). The minimum Gasteiger partial charge on any atom is -0.431 e. The van der Waals surface area contributed by atoms with Gasteiger partial charge in [-0.1, -0.05) is 23.9 Å². The van der Waals surface area contributed by atoms with E-state index in [1.807, 2.05) is 24.3 Å². The van der Waals surface area contributed by atoms with E-state index in [-0.39, 0.29) is 17.4 Å². The molecule has 156 valence electrons. The van der Waals surface area contributed by atoms with Gasteiger partial charge < -0.3 is 14.6 Å². The van der Waals surface area contributed by atoms with Gasteiger partial charge in [-0.25, -0.2) is 4.98 Å². The number of thioether (sulfide) groups is 1. The van der Waals surface area contributed by atoms with E-state index in [1.54, 1.807) is 24.3 Å². The first-order chi connectivity index (χ1) is 14.6. The van der Waals surface area contributed by atoms with Crippen LogP contribution in [0.25, 0.3) is 11.1 Å². The minimum absolute atomic E-state index is 0.101. The number of amides is 1. The van der Waals surface area contributed by atoms with Gasteiger partial charge in [0.15, 0.2) is 11.4 Å². The number of Topliss-reactive ketones (excluding diaryl/α,β-unsaturated/α-hetero) is 1. The molecule has 0 spiro atoms. The third-order valence-corrected chi connectivity index (χ3v) is 5.88. The predicted octanol–water partition coefficient (Wildman–Crippen LogP) is 2.99. The van der Waals surface area contributed by atoms with Crippen molar-refractivity contribution in [3.8, 4) is 0 Å². The fourth-order valence-electron chi connectivity index (χ4n) is 3.28. The molecule has 8 heteroatoms. The van der Waals surface area contributed by atoms with E-state index < -0.39 is 0 Å². The smallest absolute Gasteiger partial charge is 0.257 e. The van der Waals surface area contributed by atoms with E-state index in [0.717, 1.165) is 31.7 Å². The Morgan fingerprint density at radius 2 is 1.80 bits per heavy atom. The maximum atomic E-state index is 12.5. The number of carbonyl (C=O) groups is 2. The summed E-state index contributed by atoms with van der Waals surface area (Å²) in [6.45, 7) is 4.22. The molecule has 0 saturated carbocycles. The van der Waals surface area contributed by atoms with Crippen molar-refractivity contribution in [1.29, 1.82) is 0 Å². The van der Waals surface area contributed by atoms with Gasteiger partial charge in [0.05, 0.1) is 12.3 Å². The number of anilines is 1. The number of aromatic nitrogens is 1. The van der Waals surface area contributed by atoms with Crippen molar-refractivity contribution in [3.05, 3.63) is 54.1 Å². The molecule has 1 aliphatic rings. The number of para-hydroxylation sites is 2. The number of nitrogens with zero attached hydrogens (tertiary/aromatic N) is 3. The number of carbonyl (C=O) groups excluding carboxylic acids is 2. The molecule has 4 rings (SSSR count). The molecule has 0 atom stereocenters. The molecular weight excluding hydrogens is 400 g/mol. The Hall–Kier alpha value is -2.68. The van der Waals surface area contributed by atoms with Gasteiger partial charge in [-0.05, 0) is 43.4 Å². The predicted molar refractivity (Wildman–Crippen MR) is 118 cm³/mol. The Morgan fingerprint density at radius 3 is 2.53 bits per heavy atom. The molecule has 0 radical (unpaired) electrons. The van der Waals surface area contributed by atoms with Crippen molar-refractivity contribution in [1.82, 2.24) is 14.8 Å². The second-order valence-corrected chi connectivity index (χ2v) is 8.29. The molecule has 1 amide bonds. The Balaban J connectivity index is 1.26. The second-order valence-electron chi connectivity index (χ2n) is 7.36. The minimum atomic E-state index is -0.154. The van der Waals surface area contributed by atoms with Crippen molar-refractivity contribution in [2.24, 2.45) is 0 Å². The number of hydrogen-bond acceptors (Lipinski definition) is 7. The van der Waals surface area contributed by atoms with E-state index in [4.69, 9.17) is 4.42 Å². The van der Waals surface area contributed by atoms with Crippen LogP contribution in [-0.2, 0) is 4.79 Å². The highest BCUT2D eigenvalue weighted by molar-refractivity contribution is 7.99.